The molecule has 1 fully saturated rings. The maximum Gasteiger partial charge on any atom is 0.436 e. The molecule has 3 rings (SSSR count). The van der Waals surface area contributed by atoms with Crippen LogP contribution in [0.15, 0.2) is 15.7 Å². The van der Waals surface area contributed by atoms with Crippen molar-refractivity contribution in [2.45, 2.75) is 24.5 Å². The fraction of sp³-hybridized carbons (Fsp3) is 0.438. The Balaban J connectivity index is 1.81. The van der Waals surface area contributed by atoms with E-state index < -0.39 is 57.2 Å². The Bertz CT molecular complexity index is 1020. The SMILES string of the molecule is CC(=O)OCC1=C(C(=O)O)N2C(=O)[C@@H](NC(=O)c3c(Br)c(C(F)(F)F)nn3C)[C@H]2SC1. The standard InChI is InChI=1S/C16H14BrF3N4O6S/c1-5(25)30-3-6-4-31-14-8(13(27)24(14)9(6)15(28)29)21-12(26)10-7(17)11(16(18,19)20)22-23(10)2/h8,14H,3-4H2,1-2H3,(H,21,26)(H,28,29)/t8-,14-/m1/s1. The van der Waals surface area contributed by atoms with Gasteiger partial charge in [-0.3, -0.25) is 24.0 Å². The molecule has 10 nitrogen and oxygen atoms in total. The molecule has 0 spiro atoms. The van der Waals surface area contributed by atoms with Crippen molar-refractivity contribution in [3.8, 4) is 0 Å². The van der Waals surface area contributed by atoms with Gasteiger partial charge in [-0.15, -0.1) is 11.8 Å². The second-order valence-electron chi connectivity index (χ2n) is 6.53. The van der Waals surface area contributed by atoms with E-state index in [0.717, 1.165) is 35.3 Å². The van der Waals surface area contributed by atoms with Gasteiger partial charge in [0, 0.05) is 25.3 Å². The van der Waals surface area contributed by atoms with Crippen LogP contribution in [0.25, 0.3) is 0 Å². The number of fused-ring (bicyclic) bond motifs is 1. The van der Waals surface area contributed by atoms with Gasteiger partial charge in [0.2, 0.25) is 0 Å². The molecule has 0 aromatic carbocycles. The maximum atomic E-state index is 13.0. The summed E-state index contributed by atoms with van der Waals surface area (Å²) >= 11 is 3.85. The molecule has 1 aromatic heterocycles. The number of esters is 1. The third-order valence-electron chi connectivity index (χ3n) is 4.46. The summed E-state index contributed by atoms with van der Waals surface area (Å²) in [4.78, 5) is 48.8. The van der Waals surface area contributed by atoms with Crippen LogP contribution >= 0.6 is 27.7 Å². The highest BCUT2D eigenvalue weighted by molar-refractivity contribution is 9.10. The predicted molar refractivity (Wildman–Crippen MR) is 102 cm³/mol. The lowest BCUT2D eigenvalue weighted by Gasteiger charge is -2.49. The van der Waals surface area contributed by atoms with Gasteiger partial charge >= 0.3 is 18.1 Å². The number of hydrogen-bond donors (Lipinski definition) is 2. The van der Waals surface area contributed by atoms with Gasteiger partial charge in [0.05, 0.1) is 4.47 Å². The molecule has 31 heavy (non-hydrogen) atoms. The number of thioether (sulfide) groups is 1. The molecule has 2 atom stereocenters. The molecule has 0 radical (unpaired) electrons. The first-order chi connectivity index (χ1) is 14.3. The number of aromatic nitrogens is 2. The minimum Gasteiger partial charge on any atom is -0.477 e. The minimum absolute atomic E-state index is 0.114. The summed E-state index contributed by atoms with van der Waals surface area (Å²) < 4.78 is 44.0. The highest BCUT2D eigenvalue weighted by Gasteiger charge is 2.54. The molecule has 2 N–H and O–H groups in total. The van der Waals surface area contributed by atoms with E-state index in [1.807, 2.05) is 0 Å². The predicted octanol–water partition coefficient (Wildman–Crippen LogP) is 1.12. The zero-order chi connectivity index (χ0) is 23.2. The Morgan fingerprint density at radius 3 is 2.55 bits per heavy atom. The van der Waals surface area contributed by atoms with Crippen LogP contribution in [0.3, 0.4) is 0 Å². The molecular weight excluding hydrogens is 513 g/mol. The fourth-order valence-electron chi connectivity index (χ4n) is 3.12. The molecule has 168 valence electrons. The zero-order valence-electron chi connectivity index (χ0n) is 15.8. The Labute approximate surface area is 184 Å². The van der Waals surface area contributed by atoms with Gasteiger partial charge in [0.25, 0.3) is 11.8 Å². The van der Waals surface area contributed by atoms with Gasteiger partial charge in [0.15, 0.2) is 5.69 Å². The number of nitrogens with zero attached hydrogens (tertiary/aromatic N) is 3. The average Bonchev–Trinajstić information content (AvgIpc) is 2.97. The lowest BCUT2D eigenvalue weighted by molar-refractivity contribution is -0.149. The number of carboxylic acid groups (broad SMARTS) is 1. The van der Waals surface area contributed by atoms with Crippen molar-refractivity contribution in [2.24, 2.45) is 7.05 Å². The number of halogens is 4. The first-order valence-electron chi connectivity index (χ1n) is 8.48. The summed E-state index contributed by atoms with van der Waals surface area (Å²) in [6.45, 7) is 0.848. The molecule has 0 saturated carbocycles. The average molecular weight is 527 g/mol. The Kier molecular flexibility index (Phi) is 6.10. The Morgan fingerprint density at radius 2 is 2.03 bits per heavy atom. The normalized spacial score (nSPS) is 20.8. The van der Waals surface area contributed by atoms with Gasteiger partial charge < -0.3 is 15.2 Å². The van der Waals surface area contributed by atoms with E-state index in [1.165, 1.54) is 0 Å². The largest absolute Gasteiger partial charge is 0.477 e. The molecule has 1 aromatic rings. The number of ether oxygens (including phenoxy) is 1. The molecular formula is C16H14BrF3N4O6S. The van der Waals surface area contributed by atoms with Crippen molar-refractivity contribution in [2.75, 3.05) is 12.4 Å². The number of carbonyl (C=O) groups excluding carboxylic acids is 3. The van der Waals surface area contributed by atoms with E-state index in [0.29, 0.717) is 0 Å². The molecule has 3 heterocycles. The minimum atomic E-state index is -4.79. The summed E-state index contributed by atoms with van der Waals surface area (Å²) in [5.74, 6) is -3.65. The highest BCUT2D eigenvalue weighted by atomic mass is 79.9. The number of alkyl halides is 3. The Hall–Kier alpha value is -2.55. The number of nitrogens with one attached hydrogen (secondary N) is 1. The monoisotopic (exact) mass is 526 g/mol. The first kappa shape index (κ1) is 23.1. The van der Waals surface area contributed by atoms with Gasteiger partial charge in [-0.2, -0.15) is 18.3 Å². The fourth-order valence-corrected chi connectivity index (χ4v) is 5.19. The van der Waals surface area contributed by atoms with Crippen molar-refractivity contribution in [3.63, 3.8) is 0 Å². The summed E-state index contributed by atoms with van der Waals surface area (Å²) in [5, 5.41) is 14.4. The first-order valence-corrected chi connectivity index (χ1v) is 10.3. The van der Waals surface area contributed by atoms with E-state index in [-0.39, 0.29) is 23.6 Å². The molecule has 0 aliphatic carbocycles. The van der Waals surface area contributed by atoms with Crippen LogP contribution in [-0.4, -0.2) is 67.3 Å². The number of hydrogen-bond acceptors (Lipinski definition) is 7. The molecule has 2 amide bonds. The molecule has 2 aliphatic heterocycles. The van der Waals surface area contributed by atoms with Gasteiger partial charge in [-0.05, 0) is 15.9 Å². The van der Waals surface area contributed by atoms with Crippen molar-refractivity contribution < 1.29 is 42.2 Å². The second-order valence-corrected chi connectivity index (χ2v) is 8.43. The third kappa shape index (κ3) is 4.15. The van der Waals surface area contributed by atoms with Crippen LogP contribution in [0.2, 0.25) is 0 Å². The summed E-state index contributed by atoms with van der Waals surface area (Å²) in [6, 6.07) is -1.15. The number of aliphatic carboxylic acids is 1. The smallest absolute Gasteiger partial charge is 0.436 e. The van der Waals surface area contributed by atoms with Crippen LogP contribution in [0.1, 0.15) is 23.1 Å². The van der Waals surface area contributed by atoms with E-state index in [9.17, 15) is 37.5 Å². The Morgan fingerprint density at radius 1 is 1.39 bits per heavy atom. The van der Waals surface area contributed by atoms with E-state index >= 15 is 0 Å². The molecule has 0 bridgehead atoms. The number of carboxylic acids is 1. The third-order valence-corrected chi connectivity index (χ3v) is 6.55. The van der Waals surface area contributed by atoms with Crippen molar-refractivity contribution in [1.29, 1.82) is 0 Å². The lowest BCUT2D eigenvalue weighted by Crippen LogP contribution is -2.70. The summed E-state index contributed by atoms with van der Waals surface area (Å²) in [5.41, 5.74) is -1.86. The van der Waals surface area contributed by atoms with Crippen LogP contribution in [0, 0.1) is 0 Å². The van der Waals surface area contributed by atoms with Gasteiger partial charge in [-0.1, -0.05) is 0 Å². The number of aryl methyl sites for hydroxylation is 1. The molecule has 15 heteroatoms. The van der Waals surface area contributed by atoms with Crippen LogP contribution in [0.4, 0.5) is 13.2 Å². The number of rotatable bonds is 5. The molecule has 0 unspecified atom stereocenters. The zero-order valence-corrected chi connectivity index (χ0v) is 18.2. The van der Waals surface area contributed by atoms with Crippen molar-refractivity contribution >= 4 is 51.4 Å². The van der Waals surface area contributed by atoms with Gasteiger partial charge in [0.1, 0.15) is 29.4 Å². The lowest BCUT2D eigenvalue weighted by atomic mass is 10.0. The van der Waals surface area contributed by atoms with Crippen LogP contribution in [0.5, 0.6) is 0 Å². The molecule has 1 saturated heterocycles. The molecule has 2 aliphatic rings. The van der Waals surface area contributed by atoms with Gasteiger partial charge in [-0.25, -0.2) is 4.79 Å². The van der Waals surface area contributed by atoms with E-state index in [4.69, 9.17) is 4.74 Å². The van der Waals surface area contributed by atoms with Crippen molar-refractivity contribution in [3.05, 3.63) is 27.1 Å². The van der Waals surface area contributed by atoms with E-state index in [1.54, 1.807) is 0 Å². The van der Waals surface area contributed by atoms with Crippen LogP contribution < -0.4 is 5.32 Å². The second kappa shape index (κ2) is 8.18. The van der Waals surface area contributed by atoms with Crippen molar-refractivity contribution in [1.82, 2.24) is 20.0 Å². The van der Waals surface area contributed by atoms with Crippen LogP contribution in [-0.2, 0) is 32.3 Å². The number of β-lactam (4-membered cyclic amide) rings is 1. The van der Waals surface area contributed by atoms with E-state index in [2.05, 4.69) is 26.3 Å². The summed E-state index contributed by atoms with van der Waals surface area (Å²) in [6.07, 6.45) is -4.79. The number of amides is 2. The number of carbonyl (C=O) groups is 4. The highest BCUT2D eigenvalue weighted by Crippen LogP contribution is 2.41. The quantitative estimate of drug-likeness (QED) is 0.431. The maximum absolute atomic E-state index is 13.0. The summed E-state index contributed by atoms with van der Waals surface area (Å²) in [7, 11) is 1.14. The topological polar surface area (TPSA) is 131 Å².